The first-order valence-corrected chi connectivity index (χ1v) is 8.04. The fraction of sp³-hybridized carbons (Fsp3) is 0.500. The molecule has 4 heteroatoms. The zero-order valence-electron chi connectivity index (χ0n) is 9.61. The summed E-state index contributed by atoms with van der Waals surface area (Å²) in [5, 5.41) is 0.577. The minimum atomic E-state index is -3.14. The first kappa shape index (κ1) is 13.7. The quantitative estimate of drug-likeness (QED) is 0.783. The Balaban J connectivity index is 2.99. The summed E-state index contributed by atoms with van der Waals surface area (Å²) in [6.45, 7) is 3.42. The minimum Gasteiger partial charge on any atom is -0.223 e. The zero-order valence-corrected chi connectivity index (χ0v) is 12.0. The maximum atomic E-state index is 11.9. The van der Waals surface area contributed by atoms with Gasteiger partial charge in [0.25, 0.3) is 0 Å². The summed E-state index contributed by atoms with van der Waals surface area (Å²) in [5.41, 5.74) is 1.08. The molecular formula is C12H17BrO2S. The van der Waals surface area contributed by atoms with Crippen molar-refractivity contribution < 1.29 is 8.42 Å². The molecule has 0 atom stereocenters. The van der Waals surface area contributed by atoms with Crippen molar-refractivity contribution in [2.75, 3.05) is 5.33 Å². The molecule has 16 heavy (non-hydrogen) atoms. The highest BCUT2D eigenvalue weighted by molar-refractivity contribution is 9.09. The molecule has 90 valence electrons. The number of alkyl halides is 1. The van der Waals surface area contributed by atoms with Crippen LogP contribution in [0.4, 0.5) is 0 Å². The second kappa shape index (κ2) is 5.82. The van der Waals surface area contributed by atoms with Crippen LogP contribution in [0.25, 0.3) is 0 Å². The Morgan fingerprint density at radius 2 is 2.00 bits per heavy atom. The number of rotatable bonds is 5. The average Bonchev–Trinajstić information content (AvgIpc) is 2.26. The second-order valence-corrected chi connectivity index (χ2v) is 7.33. The Labute approximate surface area is 106 Å². The molecule has 0 unspecified atom stereocenters. The zero-order chi connectivity index (χ0) is 12.2. The van der Waals surface area contributed by atoms with E-state index in [4.69, 9.17) is 0 Å². The van der Waals surface area contributed by atoms with Gasteiger partial charge in [0.1, 0.15) is 0 Å². The van der Waals surface area contributed by atoms with Gasteiger partial charge in [-0.3, -0.25) is 0 Å². The lowest BCUT2D eigenvalue weighted by atomic mass is 10.1. The van der Waals surface area contributed by atoms with Crippen molar-refractivity contribution in [3.63, 3.8) is 0 Å². The molecule has 0 fully saturated rings. The maximum absolute atomic E-state index is 11.9. The molecule has 1 rings (SSSR count). The molecule has 0 aliphatic carbocycles. The van der Waals surface area contributed by atoms with Crippen molar-refractivity contribution in [3.8, 4) is 0 Å². The number of hydrogen-bond acceptors (Lipinski definition) is 2. The summed E-state index contributed by atoms with van der Waals surface area (Å²) < 4.78 is 23.9. The van der Waals surface area contributed by atoms with E-state index in [1.54, 1.807) is 26.0 Å². The lowest BCUT2D eigenvalue weighted by Gasteiger charge is -2.09. The van der Waals surface area contributed by atoms with Gasteiger partial charge in [-0.2, -0.15) is 0 Å². The minimum absolute atomic E-state index is 0.362. The molecule has 0 saturated heterocycles. The van der Waals surface area contributed by atoms with Crippen molar-refractivity contribution in [2.24, 2.45) is 0 Å². The highest BCUT2D eigenvalue weighted by Gasteiger charge is 2.18. The molecule has 1 aromatic carbocycles. The fourth-order valence-corrected chi connectivity index (χ4v) is 2.83. The number of hydrogen-bond donors (Lipinski definition) is 0. The monoisotopic (exact) mass is 304 g/mol. The fourth-order valence-electron chi connectivity index (χ4n) is 1.42. The van der Waals surface area contributed by atoms with Gasteiger partial charge in [-0.05, 0) is 44.4 Å². The van der Waals surface area contributed by atoms with Gasteiger partial charge in [-0.1, -0.05) is 28.1 Å². The van der Waals surface area contributed by atoms with Crippen LogP contribution in [0.5, 0.6) is 0 Å². The van der Waals surface area contributed by atoms with E-state index in [-0.39, 0.29) is 5.25 Å². The highest BCUT2D eigenvalue weighted by atomic mass is 79.9. The summed E-state index contributed by atoms with van der Waals surface area (Å²) in [7, 11) is -3.14. The third-order valence-corrected chi connectivity index (χ3v) is 5.16. The van der Waals surface area contributed by atoms with Crippen LogP contribution in [0, 0.1) is 0 Å². The summed E-state index contributed by atoms with van der Waals surface area (Å²) in [4.78, 5) is 0.439. The second-order valence-electron chi connectivity index (χ2n) is 4.03. The first-order valence-electron chi connectivity index (χ1n) is 5.37. The summed E-state index contributed by atoms with van der Waals surface area (Å²) in [6.07, 6.45) is 1.93. The van der Waals surface area contributed by atoms with E-state index >= 15 is 0 Å². The largest absolute Gasteiger partial charge is 0.223 e. The first-order chi connectivity index (χ1) is 7.48. The molecule has 2 nitrogen and oxygen atoms in total. The van der Waals surface area contributed by atoms with E-state index in [0.717, 1.165) is 23.7 Å². The number of aryl methyl sites for hydroxylation is 1. The normalized spacial score (nSPS) is 12.0. The number of sulfone groups is 1. The SMILES string of the molecule is CC(C)S(=O)(=O)c1cccc(CCCBr)c1. The van der Waals surface area contributed by atoms with Gasteiger partial charge in [0.15, 0.2) is 9.84 Å². The van der Waals surface area contributed by atoms with Crippen LogP contribution in [-0.4, -0.2) is 19.0 Å². The molecule has 0 amide bonds. The van der Waals surface area contributed by atoms with E-state index in [1.165, 1.54) is 0 Å². The van der Waals surface area contributed by atoms with Gasteiger partial charge < -0.3 is 0 Å². The van der Waals surface area contributed by atoms with Crippen LogP contribution in [0.2, 0.25) is 0 Å². The van der Waals surface area contributed by atoms with Gasteiger partial charge in [0.2, 0.25) is 0 Å². The Kier molecular flexibility index (Phi) is 4.99. The summed E-state index contributed by atoms with van der Waals surface area (Å²) in [5.74, 6) is 0. The van der Waals surface area contributed by atoms with E-state index in [2.05, 4.69) is 15.9 Å². The molecule has 0 radical (unpaired) electrons. The van der Waals surface area contributed by atoms with Crippen LogP contribution >= 0.6 is 15.9 Å². The smallest absolute Gasteiger partial charge is 0.180 e. The topological polar surface area (TPSA) is 34.1 Å². The van der Waals surface area contributed by atoms with Crippen LogP contribution < -0.4 is 0 Å². The highest BCUT2D eigenvalue weighted by Crippen LogP contribution is 2.18. The third kappa shape index (κ3) is 3.32. The molecule has 0 N–H and O–H groups in total. The molecule has 0 saturated carbocycles. The molecule has 0 spiro atoms. The van der Waals surface area contributed by atoms with Gasteiger partial charge in [0, 0.05) is 5.33 Å². The lowest BCUT2D eigenvalue weighted by molar-refractivity contribution is 0.587. The van der Waals surface area contributed by atoms with Crippen LogP contribution in [-0.2, 0) is 16.3 Å². The van der Waals surface area contributed by atoms with Crippen LogP contribution in [0.3, 0.4) is 0 Å². The van der Waals surface area contributed by atoms with Gasteiger partial charge in [-0.25, -0.2) is 8.42 Å². The van der Waals surface area contributed by atoms with E-state index in [9.17, 15) is 8.42 Å². The number of benzene rings is 1. The molecule has 0 heterocycles. The van der Waals surface area contributed by atoms with Crippen LogP contribution in [0.15, 0.2) is 29.2 Å². The third-order valence-electron chi connectivity index (χ3n) is 2.45. The maximum Gasteiger partial charge on any atom is 0.180 e. The molecule has 1 aromatic rings. The van der Waals surface area contributed by atoms with E-state index in [0.29, 0.717) is 4.90 Å². The Hall–Kier alpha value is -0.350. The average molecular weight is 305 g/mol. The van der Waals surface area contributed by atoms with Gasteiger partial charge in [-0.15, -0.1) is 0 Å². The predicted molar refractivity (Wildman–Crippen MR) is 70.9 cm³/mol. The van der Waals surface area contributed by atoms with Crippen molar-refractivity contribution in [3.05, 3.63) is 29.8 Å². The van der Waals surface area contributed by atoms with Crippen molar-refractivity contribution >= 4 is 25.8 Å². The Bertz CT molecular complexity index is 438. The standard InChI is InChI=1S/C12H17BrO2S/c1-10(2)16(14,15)12-7-3-5-11(9-12)6-4-8-13/h3,5,7,9-10H,4,6,8H2,1-2H3. The van der Waals surface area contributed by atoms with E-state index < -0.39 is 9.84 Å². The van der Waals surface area contributed by atoms with Gasteiger partial charge >= 0.3 is 0 Å². The number of halogens is 1. The van der Waals surface area contributed by atoms with Crippen molar-refractivity contribution in [2.45, 2.75) is 36.8 Å². The molecule has 0 aromatic heterocycles. The summed E-state index contributed by atoms with van der Waals surface area (Å²) in [6, 6.07) is 7.26. The van der Waals surface area contributed by atoms with E-state index in [1.807, 2.05) is 12.1 Å². The molecule has 0 aliphatic heterocycles. The lowest BCUT2D eigenvalue weighted by Crippen LogP contribution is -2.14. The Morgan fingerprint density at radius 3 is 2.56 bits per heavy atom. The molecule has 0 bridgehead atoms. The van der Waals surface area contributed by atoms with Crippen molar-refractivity contribution in [1.82, 2.24) is 0 Å². The predicted octanol–water partition coefficient (Wildman–Crippen LogP) is 3.20. The van der Waals surface area contributed by atoms with Gasteiger partial charge in [0.05, 0.1) is 10.1 Å². The molecule has 0 aliphatic rings. The Morgan fingerprint density at radius 1 is 1.31 bits per heavy atom. The van der Waals surface area contributed by atoms with Crippen molar-refractivity contribution in [1.29, 1.82) is 0 Å². The van der Waals surface area contributed by atoms with Crippen LogP contribution in [0.1, 0.15) is 25.8 Å². The molecular weight excluding hydrogens is 288 g/mol. The summed E-state index contributed by atoms with van der Waals surface area (Å²) >= 11 is 3.37.